The molecule has 0 spiro atoms. The highest BCUT2D eigenvalue weighted by Crippen LogP contribution is 2.47. The predicted octanol–water partition coefficient (Wildman–Crippen LogP) is 3.83. The van der Waals surface area contributed by atoms with E-state index in [-0.39, 0.29) is 59.2 Å². The third kappa shape index (κ3) is 6.44. The van der Waals surface area contributed by atoms with Crippen LogP contribution in [0.5, 0.6) is 5.75 Å². The number of ether oxygens (including phenoxy) is 3. The Bertz CT molecular complexity index is 1320. The number of hydrogen-bond acceptors (Lipinski definition) is 9. The zero-order valence-electron chi connectivity index (χ0n) is 24.3. The van der Waals surface area contributed by atoms with Crippen molar-refractivity contribution >= 4 is 39.9 Å². The van der Waals surface area contributed by atoms with Gasteiger partial charge in [0, 0.05) is 11.6 Å². The van der Waals surface area contributed by atoms with Crippen LogP contribution in [-0.4, -0.2) is 68.2 Å². The van der Waals surface area contributed by atoms with Crippen LogP contribution in [0.2, 0.25) is 0 Å². The molecule has 0 bridgehead atoms. The first-order valence-electron chi connectivity index (χ1n) is 13.3. The van der Waals surface area contributed by atoms with Gasteiger partial charge < -0.3 is 24.6 Å². The minimum absolute atomic E-state index is 0.110. The lowest BCUT2D eigenvalue weighted by atomic mass is 9.71. The molecule has 2 atom stereocenters. The average molecular weight is 593 g/mol. The first kappa shape index (κ1) is 32.2. The van der Waals surface area contributed by atoms with Crippen LogP contribution in [0.4, 0.5) is 9.39 Å². The SMILES string of the molecule is CCOC(=O)c1sc2c(c1C)C(=O)C(C(C)(C)C(=O)NC(C)C)C(=O)N2C[C@H](OCCO)c1cc(F)ccc1OC. The number of fused-ring (bicyclic) bond motifs is 1. The van der Waals surface area contributed by atoms with Gasteiger partial charge in [-0.15, -0.1) is 11.3 Å². The average Bonchev–Trinajstić information content (AvgIpc) is 3.25. The highest BCUT2D eigenvalue weighted by atomic mass is 32.1. The fourth-order valence-electron chi connectivity index (χ4n) is 4.83. The number of anilines is 1. The molecule has 1 aliphatic heterocycles. The van der Waals surface area contributed by atoms with E-state index in [1.807, 2.05) is 0 Å². The van der Waals surface area contributed by atoms with Crippen molar-refractivity contribution in [2.45, 2.75) is 53.7 Å². The summed E-state index contributed by atoms with van der Waals surface area (Å²) in [6, 6.07) is 3.61. The van der Waals surface area contributed by atoms with Crippen LogP contribution in [-0.2, 0) is 19.1 Å². The Morgan fingerprint density at radius 1 is 1.24 bits per heavy atom. The molecule has 3 rings (SSSR count). The Hall–Kier alpha value is -3.35. The van der Waals surface area contributed by atoms with Gasteiger partial charge in [-0.25, -0.2) is 9.18 Å². The van der Waals surface area contributed by atoms with Crippen LogP contribution in [0.15, 0.2) is 18.2 Å². The predicted molar refractivity (Wildman–Crippen MR) is 151 cm³/mol. The first-order valence-corrected chi connectivity index (χ1v) is 14.1. The highest BCUT2D eigenvalue weighted by molar-refractivity contribution is 7.19. The second-order valence-corrected chi connectivity index (χ2v) is 11.5. The summed E-state index contributed by atoms with van der Waals surface area (Å²) >= 11 is 0.930. The Morgan fingerprint density at radius 2 is 1.93 bits per heavy atom. The molecule has 2 aromatic rings. The van der Waals surface area contributed by atoms with Gasteiger partial charge in [-0.05, 0) is 65.3 Å². The molecule has 0 fully saturated rings. The maximum atomic E-state index is 14.4. The Morgan fingerprint density at radius 3 is 2.51 bits per heavy atom. The molecule has 1 unspecified atom stereocenters. The summed E-state index contributed by atoms with van der Waals surface area (Å²) in [6.45, 7) is 9.25. The number of thiophene rings is 1. The van der Waals surface area contributed by atoms with E-state index < -0.39 is 46.8 Å². The lowest BCUT2D eigenvalue weighted by molar-refractivity contribution is -0.138. The van der Waals surface area contributed by atoms with E-state index in [1.165, 1.54) is 44.1 Å². The molecule has 0 radical (unpaired) electrons. The van der Waals surface area contributed by atoms with Gasteiger partial charge in [-0.3, -0.25) is 19.3 Å². The van der Waals surface area contributed by atoms with E-state index >= 15 is 0 Å². The summed E-state index contributed by atoms with van der Waals surface area (Å²) < 4.78 is 30.8. The van der Waals surface area contributed by atoms with Crippen molar-refractivity contribution in [1.29, 1.82) is 0 Å². The molecule has 2 N–H and O–H groups in total. The number of rotatable bonds is 12. The quantitative estimate of drug-likeness (QED) is 0.281. The molecule has 0 saturated heterocycles. The zero-order chi connectivity index (χ0) is 30.6. The number of methoxy groups -OCH3 is 1. The van der Waals surface area contributed by atoms with Crippen LogP contribution in [0, 0.1) is 24.1 Å². The van der Waals surface area contributed by atoms with Gasteiger partial charge in [-0.2, -0.15) is 0 Å². The Kier molecular flexibility index (Phi) is 10.3. The molecule has 10 nitrogen and oxygen atoms in total. The topological polar surface area (TPSA) is 131 Å². The molecule has 224 valence electrons. The summed E-state index contributed by atoms with van der Waals surface area (Å²) in [5.41, 5.74) is -0.711. The number of ketones is 1. The van der Waals surface area contributed by atoms with Gasteiger partial charge in [0.1, 0.15) is 33.5 Å². The molecule has 2 amide bonds. The van der Waals surface area contributed by atoms with Gasteiger partial charge in [0.25, 0.3) is 0 Å². The number of Topliss-reactive ketones (excluding diaryl/α,β-unsaturated/α-hetero) is 1. The fourth-order valence-corrected chi connectivity index (χ4v) is 6.05. The number of nitrogens with zero attached hydrogens (tertiary/aromatic N) is 1. The van der Waals surface area contributed by atoms with Gasteiger partial charge in [0.15, 0.2) is 5.78 Å². The van der Waals surface area contributed by atoms with E-state index in [2.05, 4.69) is 5.32 Å². The molecule has 1 aromatic carbocycles. The number of carbonyl (C=O) groups excluding carboxylic acids is 4. The number of esters is 1. The molecule has 0 aliphatic carbocycles. The second kappa shape index (κ2) is 13.1. The van der Waals surface area contributed by atoms with Crippen LogP contribution in [0.1, 0.15) is 71.9 Å². The lowest BCUT2D eigenvalue weighted by Crippen LogP contribution is -2.56. The molecular weight excluding hydrogens is 555 g/mol. The largest absolute Gasteiger partial charge is 0.496 e. The van der Waals surface area contributed by atoms with Crippen LogP contribution in [0.25, 0.3) is 0 Å². The number of hydrogen-bond donors (Lipinski definition) is 2. The molecule has 0 saturated carbocycles. The van der Waals surface area contributed by atoms with Gasteiger partial charge in [0.05, 0.1) is 44.5 Å². The van der Waals surface area contributed by atoms with Gasteiger partial charge >= 0.3 is 5.97 Å². The summed E-state index contributed by atoms with van der Waals surface area (Å²) in [5.74, 6) is -4.08. The first-order chi connectivity index (χ1) is 19.3. The molecule has 1 aromatic heterocycles. The molecule has 41 heavy (non-hydrogen) atoms. The lowest BCUT2D eigenvalue weighted by Gasteiger charge is -2.39. The molecule has 2 heterocycles. The molecule has 12 heteroatoms. The molecule has 1 aliphatic rings. The van der Waals surface area contributed by atoms with Crippen molar-refractivity contribution < 1.29 is 42.9 Å². The van der Waals surface area contributed by atoms with Gasteiger partial charge in [-0.1, -0.05) is 0 Å². The fraction of sp³-hybridized carbons (Fsp3) is 0.517. The minimum atomic E-state index is -1.47. The second-order valence-electron chi connectivity index (χ2n) is 10.5. The summed E-state index contributed by atoms with van der Waals surface area (Å²) in [7, 11) is 1.41. The monoisotopic (exact) mass is 592 g/mol. The number of benzene rings is 1. The van der Waals surface area contributed by atoms with Crippen LogP contribution >= 0.6 is 11.3 Å². The van der Waals surface area contributed by atoms with E-state index in [0.29, 0.717) is 5.56 Å². The maximum Gasteiger partial charge on any atom is 0.348 e. The number of aliphatic hydroxyl groups is 1. The normalized spacial score (nSPS) is 16.0. The van der Waals surface area contributed by atoms with E-state index in [4.69, 9.17) is 14.2 Å². The zero-order valence-corrected chi connectivity index (χ0v) is 25.1. The number of aliphatic hydroxyl groups excluding tert-OH is 1. The van der Waals surface area contributed by atoms with Crippen molar-refractivity contribution in [3.63, 3.8) is 0 Å². The third-order valence-corrected chi connectivity index (χ3v) is 8.17. The standard InChI is InChI=1S/C29H37FN2O8S/c1-8-39-27(36)24-16(4)21-23(34)22(29(5,6)28(37)31-15(2)3)25(35)32(26(21)41-24)14-20(40-12-11-33)18-13-17(30)9-10-19(18)38-7/h9-10,13,15,20,22,33H,8,11-12,14H2,1-7H3,(H,31,37)/t20-,22?/m0/s1. The van der Waals surface area contributed by atoms with E-state index in [1.54, 1.807) is 27.7 Å². The van der Waals surface area contributed by atoms with E-state index in [9.17, 15) is 28.7 Å². The molecular formula is C29H37FN2O8S. The summed E-state index contributed by atoms with van der Waals surface area (Å²) in [5, 5.41) is 12.5. The smallest absolute Gasteiger partial charge is 0.348 e. The van der Waals surface area contributed by atoms with Crippen LogP contribution < -0.4 is 15.0 Å². The Labute approximate surface area is 242 Å². The maximum absolute atomic E-state index is 14.4. The van der Waals surface area contributed by atoms with Crippen molar-refractivity contribution in [3.05, 3.63) is 45.6 Å². The number of carbonyl (C=O) groups is 4. The van der Waals surface area contributed by atoms with Crippen molar-refractivity contribution in [2.75, 3.05) is 38.4 Å². The van der Waals surface area contributed by atoms with Gasteiger partial charge in [0.2, 0.25) is 11.8 Å². The highest BCUT2D eigenvalue weighted by Gasteiger charge is 2.53. The number of nitrogens with one attached hydrogen (secondary N) is 1. The van der Waals surface area contributed by atoms with Crippen molar-refractivity contribution in [3.8, 4) is 5.75 Å². The third-order valence-electron chi connectivity index (χ3n) is 6.88. The number of halogens is 1. The van der Waals surface area contributed by atoms with Crippen molar-refractivity contribution in [2.24, 2.45) is 11.3 Å². The van der Waals surface area contributed by atoms with E-state index in [0.717, 1.165) is 11.3 Å². The Balaban J connectivity index is 2.22. The summed E-state index contributed by atoms with van der Waals surface area (Å²) in [4.78, 5) is 55.7. The number of amides is 2. The summed E-state index contributed by atoms with van der Waals surface area (Å²) in [6.07, 6.45) is -1.00. The van der Waals surface area contributed by atoms with Crippen molar-refractivity contribution in [1.82, 2.24) is 5.32 Å². The minimum Gasteiger partial charge on any atom is -0.496 e. The van der Waals surface area contributed by atoms with Crippen LogP contribution in [0.3, 0.4) is 0 Å².